The molecule has 0 aliphatic carbocycles. The zero-order chi connectivity index (χ0) is 15.6. The summed E-state index contributed by atoms with van der Waals surface area (Å²) >= 11 is 0. The van der Waals surface area contributed by atoms with Crippen molar-refractivity contribution in [1.29, 1.82) is 0 Å². The van der Waals surface area contributed by atoms with Crippen LogP contribution in [-0.4, -0.2) is 29.1 Å². The fourth-order valence-corrected chi connectivity index (χ4v) is 2.08. The third kappa shape index (κ3) is 2.71. The standard InChI is InChI=1S/C14H16N4O3/c1-8-3-4-11(21-2)9(5-8)13-10(7-19)14(16)18(17-13)6-12(15)20/h3-5,7H,6,16H2,1-2H3,(H2,15,20). The molecule has 1 aromatic carbocycles. The highest BCUT2D eigenvalue weighted by atomic mass is 16.5. The van der Waals surface area contributed by atoms with Crippen molar-refractivity contribution in [3.63, 3.8) is 0 Å². The SMILES string of the molecule is COc1ccc(C)cc1-c1nn(CC(N)=O)c(N)c1C=O. The normalized spacial score (nSPS) is 10.4. The monoisotopic (exact) mass is 288 g/mol. The molecule has 1 amide bonds. The molecular weight excluding hydrogens is 272 g/mol. The first-order valence-corrected chi connectivity index (χ1v) is 6.22. The zero-order valence-electron chi connectivity index (χ0n) is 11.8. The molecule has 7 heteroatoms. The quantitative estimate of drug-likeness (QED) is 0.788. The van der Waals surface area contributed by atoms with Crippen LogP contribution in [0.1, 0.15) is 15.9 Å². The lowest BCUT2D eigenvalue weighted by molar-refractivity contribution is -0.118. The Balaban J connectivity index is 2.66. The van der Waals surface area contributed by atoms with E-state index in [0.717, 1.165) is 5.56 Å². The van der Waals surface area contributed by atoms with Gasteiger partial charge in [-0.3, -0.25) is 9.59 Å². The summed E-state index contributed by atoms with van der Waals surface area (Å²) in [6.07, 6.45) is 0.608. The van der Waals surface area contributed by atoms with E-state index in [4.69, 9.17) is 16.2 Å². The first kappa shape index (κ1) is 14.6. The molecule has 0 saturated heterocycles. The summed E-state index contributed by atoms with van der Waals surface area (Å²) in [6, 6.07) is 5.50. The molecular formula is C14H16N4O3. The van der Waals surface area contributed by atoms with E-state index in [1.54, 1.807) is 6.07 Å². The number of carbonyl (C=O) groups is 2. The molecule has 0 spiro atoms. The molecule has 1 heterocycles. The van der Waals surface area contributed by atoms with Gasteiger partial charge in [0.05, 0.1) is 12.7 Å². The van der Waals surface area contributed by atoms with Gasteiger partial charge in [0.2, 0.25) is 5.91 Å². The van der Waals surface area contributed by atoms with Gasteiger partial charge < -0.3 is 16.2 Å². The lowest BCUT2D eigenvalue weighted by Gasteiger charge is -2.07. The molecule has 7 nitrogen and oxygen atoms in total. The molecule has 0 saturated carbocycles. The Bertz CT molecular complexity index is 706. The van der Waals surface area contributed by atoms with Crippen LogP contribution in [0, 0.1) is 6.92 Å². The number of nitrogen functional groups attached to an aromatic ring is 1. The van der Waals surface area contributed by atoms with E-state index >= 15 is 0 Å². The maximum Gasteiger partial charge on any atom is 0.239 e. The summed E-state index contributed by atoms with van der Waals surface area (Å²) in [5, 5.41) is 4.22. The minimum Gasteiger partial charge on any atom is -0.496 e. The number of benzene rings is 1. The van der Waals surface area contributed by atoms with Crippen LogP contribution >= 0.6 is 0 Å². The largest absolute Gasteiger partial charge is 0.496 e. The van der Waals surface area contributed by atoms with E-state index in [1.807, 2.05) is 19.1 Å². The second-order valence-electron chi connectivity index (χ2n) is 4.59. The predicted molar refractivity (Wildman–Crippen MR) is 77.9 cm³/mol. The van der Waals surface area contributed by atoms with Gasteiger partial charge in [-0.15, -0.1) is 0 Å². The van der Waals surface area contributed by atoms with Gasteiger partial charge in [0, 0.05) is 5.56 Å². The van der Waals surface area contributed by atoms with Gasteiger partial charge in [0.1, 0.15) is 23.8 Å². The topological polar surface area (TPSA) is 113 Å². The lowest BCUT2D eigenvalue weighted by Crippen LogP contribution is -2.20. The van der Waals surface area contributed by atoms with Gasteiger partial charge in [0.15, 0.2) is 6.29 Å². The third-order valence-corrected chi connectivity index (χ3v) is 3.06. The molecule has 4 N–H and O–H groups in total. The number of hydrogen-bond donors (Lipinski definition) is 2. The molecule has 1 aromatic heterocycles. The number of primary amides is 1. The third-order valence-electron chi connectivity index (χ3n) is 3.06. The van der Waals surface area contributed by atoms with Crippen LogP contribution in [-0.2, 0) is 11.3 Å². The summed E-state index contributed by atoms with van der Waals surface area (Å²) in [5.41, 5.74) is 13.2. The van der Waals surface area contributed by atoms with E-state index < -0.39 is 5.91 Å². The van der Waals surface area contributed by atoms with Gasteiger partial charge in [-0.05, 0) is 19.1 Å². The number of amides is 1. The molecule has 2 rings (SSSR count). The minimum absolute atomic E-state index is 0.0994. The maximum absolute atomic E-state index is 11.3. The van der Waals surface area contributed by atoms with Crippen molar-refractivity contribution < 1.29 is 14.3 Å². The smallest absolute Gasteiger partial charge is 0.239 e. The Morgan fingerprint density at radius 3 is 2.76 bits per heavy atom. The Labute approximate surface area is 121 Å². The number of hydrogen-bond acceptors (Lipinski definition) is 5. The highest BCUT2D eigenvalue weighted by molar-refractivity contribution is 5.93. The molecule has 0 fully saturated rings. The Morgan fingerprint density at radius 1 is 1.48 bits per heavy atom. The molecule has 0 atom stereocenters. The van der Waals surface area contributed by atoms with Crippen molar-refractivity contribution in [3.05, 3.63) is 29.3 Å². The minimum atomic E-state index is -0.593. The highest BCUT2D eigenvalue weighted by Crippen LogP contribution is 2.33. The highest BCUT2D eigenvalue weighted by Gasteiger charge is 2.20. The summed E-state index contributed by atoms with van der Waals surface area (Å²) in [4.78, 5) is 22.4. The summed E-state index contributed by atoms with van der Waals surface area (Å²) in [6.45, 7) is 1.72. The van der Waals surface area contributed by atoms with Crippen molar-refractivity contribution in [2.24, 2.45) is 5.73 Å². The number of aromatic nitrogens is 2. The van der Waals surface area contributed by atoms with Crippen molar-refractivity contribution in [3.8, 4) is 17.0 Å². The van der Waals surface area contributed by atoms with Crippen molar-refractivity contribution >= 4 is 18.0 Å². The van der Waals surface area contributed by atoms with Gasteiger partial charge in [-0.1, -0.05) is 11.6 Å². The number of methoxy groups -OCH3 is 1. The van der Waals surface area contributed by atoms with Crippen LogP contribution in [0.3, 0.4) is 0 Å². The average molecular weight is 288 g/mol. The summed E-state index contributed by atoms with van der Waals surface area (Å²) < 4.78 is 6.50. The summed E-state index contributed by atoms with van der Waals surface area (Å²) in [7, 11) is 1.53. The number of nitrogens with zero attached hydrogens (tertiary/aromatic N) is 2. The van der Waals surface area contributed by atoms with Crippen LogP contribution in [0.2, 0.25) is 0 Å². The number of aldehydes is 1. The van der Waals surface area contributed by atoms with Gasteiger partial charge >= 0.3 is 0 Å². The van der Waals surface area contributed by atoms with E-state index in [2.05, 4.69) is 5.10 Å². The number of carbonyl (C=O) groups excluding carboxylic acids is 2. The van der Waals surface area contributed by atoms with Gasteiger partial charge in [0.25, 0.3) is 0 Å². The van der Waals surface area contributed by atoms with Crippen LogP contribution in [0.5, 0.6) is 5.75 Å². The molecule has 0 bridgehead atoms. The predicted octanol–water partition coefficient (Wildman–Crippen LogP) is 0.747. The van der Waals surface area contributed by atoms with Crippen molar-refractivity contribution in [2.45, 2.75) is 13.5 Å². The number of aryl methyl sites for hydroxylation is 1. The number of nitrogens with two attached hydrogens (primary N) is 2. The van der Waals surface area contributed by atoms with E-state index in [-0.39, 0.29) is 17.9 Å². The molecule has 0 radical (unpaired) electrons. The Kier molecular flexibility index (Phi) is 3.93. The number of ether oxygens (including phenoxy) is 1. The average Bonchev–Trinajstić information content (AvgIpc) is 2.74. The van der Waals surface area contributed by atoms with Crippen LogP contribution < -0.4 is 16.2 Å². The van der Waals surface area contributed by atoms with E-state index in [9.17, 15) is 9.59 Å². The van der Waals surface area contributed by atoms with E-state index in [1.165, 1.54) is 11.8 Å². The maximum atomic E-state index is 11.3. The van der Waals surface area contributed by atoms with Crippen LogP contribution in [0.15, 0.2) is 18.2 Å². The van der Waals surface area contributed by atoms with Crippen LogP contribution in [0.25, 0.3) is 11.3 Å². The Morgan fingerprint density at radius 2 is 2.19 bits per heavy atom. The molecule has 0 aliphatic heterocycles. The number of rotatable bonds is 5. The molecule has 0 aliphatic rings. The zero-order valence-corrected chi connectivity index (χ0v) is 11.8. The van der Waals surface area contributed by atoms with Crippen molar-refractivity contribution in [1.82, 2.24) is 9.78 Å². The summed E-state index contributed by atoms with van der Waals surface area (Å²) in [5.74, 6) is 0.0687. The second-order valence-corrected chi connectivity index (χ2v) is 4.59. The molecule has 110 valence electrons. The second kappa shape index (κ2) is 5.66. The fourth-order valence-electron chi connectivity index (χ4n) is 2.08. The molecule has 0 unspecified atom stereocenters. The van der Waals surface area contributed by atoms with E-state index in [0.29, 0.717) is 23.3 Å². The Hall–Kier alpha value is -2.83. The lowest BCUT2D eigenvalue weighted by atomic mass is 10.0. The van der Waals surface area contributed by atoms with Gasteiger partial charge in [-0.25, -0.2) is 4.68 Å². The first-order valence-electron chi connectivity index (χ1n) is 6.22. The van der Waals surface area contributed by atoms with Gasteiger partial charge in [-0.2, -0.15) is 5.10 Å². The first-order chi connectivity index (χ1) is 9.97. The molecule has 21 heavy (non-hydrogen) atoms. The fraction of sp³-hybridized carbons (Fsp3) is 0.214. The van der Waals surface area contributed by atoms with Crippen molar-refractivity contribution in [2.75, 3.05) is 12.8 Å². The molecule has 2 aromatic rings. The van der Waals surface area contributed by atoms with Crippen LogP contribution in [0.4, 0.5) is 5.82 Å². The number of anilines is 1.